The van der Waals surface area contributed by atoms with E-state index in [0.29, 0.717) is 0 Å². The van der Waals surface area contributed by atoms with Gasteiger partial charge in [0.1, 0.15) is 0 Å². The molecule has 0 aliphatic heterocycles. The van der Waals surface area contributed by atoms with E-state index >= 15 is 0 Å². The highest BCUT2D eigenvalue weighted by Gasteiger charge is 2.00. The Kier molecular flexibility index (Phi) is 3.66. The van der Waals surface area contributed by atoms with Gasteiger partial charge < -0.3 is 20.9 Å². The van der Waals surface area contributed by atoms with Crippen LogP contribution in [-0.4, -0.2) is 29.8 Å². The summed E-state index contributed by atoms with van der Waals surface area (Å²) in [6.45, 7) is 0. The lowest BCUT2D eigenvalue weighted by Gasteiger charge is -2.05. The number of aliphatic hydroxyl groups excluding tert-OH is 1. The fourth-order valence-corrected chi connectivity index (χ4v) is 0.388. The molecule has 0 aliphatic rings. The highest BCUT2D eigenvalue weighted by Crippen LogP contribution is 1.89. The van der Waals surface area contributed by atoms with Crippen LogP contribution >= 0.6 is 0 Å². The highest BCUT2D eigenvalue weighted by atomic mass is 16.5. The molecule has 9 heavy (non-hydrogen) atoms. The summed E-state index contributed by atoms with van der Waals surface area (Å²) < 4.78 is 0. The molecule has 0 heterocycles. The molecule has 0 bridgehead atoms. The summed E-state index contributed by atoms with van der Waals surface area (Å²) in [6, 6.07) is 0. The van der Waals surface area contributed by atoms with Gasteiger partial charge in [-0.1, -0.05) is 0 Å². The second kappa shape index (κ2) is 4.05. The molecule has 0 saturated heterocycles. The van der Waals surface area contributed by atoms with Crippen molar-refractivity contribution >= 4 is 6.21 Å². The number of hydrogen-bond acceptors (Lipinski definition) is 4. The molecular formula is C5H10N2O2. The van der Waals surface area contributed by atoms with Crippen LogP contribution in [0.5, 0.6) is 0 Å². The van der Waals surface area contributed by atoms with Gasteiger partial charge in [-0.15, -0.1) is 0 Å². The first-order chi connectivity index (χ1) is 4.22. The van der Waals surface area contributed by atoms with Crippen LogP contribution in [0.3, 0.4) is 0 Å². The first-order valence-electron chi connectivity index (χ1n) is 2.47. The summed E-state index contributed by atoms with van der Waals surface area (Å²) in [5, 5.41) is 26.0. The van der Waals surface area contributed by atoms with Crippen LogP contribution in [0.2, 0.25) is 0 Å². The first kappa shape index (κ1) is 8.13. The van der Waals surface area contributed by atoms with Crippen molar-refractivity contribution in [2.45, 2.75) is 6.29 Å². The molecule has 0 saturated carbocycles. The van der Waals surface area contributed by atoms with E-state index in [4.69, 9.17) is 15.6 Å². The molecule has 0 spiro atoms. The maximum atomic E-state index is 8.46. The Morgan fingerprint density at radius 1 is 1.67 bits per heavy atom. The van der Waals surface area contributed by atoms with Crippen molar-refractivity contribution in [3.05, 3.63) is 11.8 Å². The summed E-state index contributed by atoms with van der Waals surface area (Å²) >= 11 is 0. The number of hydrogen-bond donors (Lipinski definition) is 4. The quantitative estimate of drug-likeness (QED) is 0.294. The van der Waals surface area contributed by atoms with Crippen molar-refractivity contribution in [1.29, 1.82) is 5.41 Å². The third-order valence-corrected chi connectivity index (χ3v) is 0.830. The molecule has 4 N–H and O–H groups in total. The van der Waals surface area contributed by atoms with Gasteiger partial charge >= 0.3 is 0 Å². The van der Waals surface area contributed by atoms with Crippen LogP contribution in [0.15, 0.2) is 11.8 Å². The molecule has 0 radical (unpaired) electrons. The molecule has 0 aromatic rings. The zero-order chi connectivity index (χ0) is 7.28. The maximum Gasteiger partial charge on any atom is 0.193 e. The minimum absolute atomic E-state index is 0.213. The average molecular weight is 130 g/mol. The van der Waals surface area contributed by atoms with Gasteiger partial charge in [0.15, 0.2) is 6.29 Å². The summed E-state index contributed by atoms with van der Waals surface area (Å²) in [7, 11) is 1.55. The van der Waals surface area contributed by atoms with Crippen molar-refractivity contribution in [3.8, 4) is 0 Å². The second-order valence-corrected chi connectivity index (χ2v) is 1.41. The largest absolute Gasteiger partial charge is 0.387 e. The van der Waals surface area contributed by atoms with Gasteiger partial charge in [0.05, 0.1) is 5.70 Å². The van der Waals surface area contributed by atoms with Gasteiger partial charge in [0.25, 0.3) is 0 Å². The van der Waals surface area contributed by atoms with E-state index < -0.39 is 6.29 Å². The third-order valence-electron chi connectivity index (χ3n) is 0.830. The summed E-state index contributed by atoms with van der Waals surface area (Å²) in [6.07, 6.45) is 0.729. The van der Waals surface area contributed by atoms with Crippen LogP contribution in [0, 0.1) is 5.41 Å². The van der Waals surface area contributed by atoms with E-state index in [2.05, 4.69) is 5.32 Å². The van der Waals surface area contributed by atoms with Crippen molar-refractivity contribution < 1.29 is 10.2 Å². The number of nitrogens with one attached hydrogen (secondary N) is 2. The van der Waals surface area contributed by atoms with E-state index in [0.717, 1.165) is 6.21 Å². The standard InChI is InChI=1S/C5H10N2O2/c1-7-4(2-3-6)5(8)9/h2-3,5-9H,1H3/b4-2-,6-3?. The van der Waals surface area contributed by atoms with Crippen LogP contribution < -0.4 is 5.32 Å². The molecule has 0 rings (SSSR count). The predicted octanol–water partition coefficient (Wildman–Crippen LogP) is -0.950. The fraction of sp³-hybridized carbons (Fsp3) is 0.400. The van der Waals surface area contributed by atoms with Crippen LogP contribution in [0.4, 0.5) is 0 Å². The summed E-state index contributed by atoms with van der Waals surface area (Å²) in [5.41, 5.74) is 0.213. The van der Waals surface area contributed by atoms with Crippen LogP contribution in [0.25, 0.3) is 0 Å². The van der Waals surface area contributed by atoms with Crippen LogP contribution in [-0.2, 0) is 0 Å². The Labute approximate surface area is 53.3 Å². The molecule has 0 atom stereocenters. The zero-order valence-electron chi connectivity index (χ0n) is 5.13. The lowest BCUT2D eigenvalue weighted by Crippen LogP contribution is -2.20. The fourth-order valence-electron chi connectivity index (χ4n) is 0.388. The molecule has 0 aromatic carbocycles. The molecule has 52 valence electrons. The van der Waals surface area contributed by atoms with Crippen molar-refractivity contribution in [3.63, 3.8) is 0 Å². The Bertz CT molecular complexity index is 120. The topological polar surface area (TPSA) is 76.3 Å². The maximum absolute atomic E-state index is 8.46. The number of aliphatic hydroxyl groups is 2. The zero-order valence-corrected chi connectivity index (χ0v) is 5.13. The van der Waals surface area contributed by atoms with E-state index in [9.17, 15) is 0 Å². The second-order valence-electron chi connectivity index (χ2n) is 1.41. The minimum atomic E-state index is -1.52. The minimum Gasteiger partial charge on any atom is -0.387 e. The Morgan fingerprint density at radius 3 is 2.33 bits per heavy atom. The van der Waals surface area contributed by atoms with E-state index in [1.54, 1.807) is 7.05 Å². The summed E-state index contributed by atoms with van der Waals surface area (Å²) in [5.74, 6) is 0. The Morgan fingerprint density at radius 2 is 2.22 bits per heavy atom. The molecule has 0 aliphatic carbocycles. The van der Waals surface area contributed by atoms with E-state index in [1.807, 2.05) is 0 Å². The van der Waals surface area contributed by atoms with Gasteiger partial charge in [-0.2, -0.15) is 0 Å². The number of allylic oxidation sites excluding steroid dienone is 1. The van der Waals surface area contributed by atoms with E-state index in [1.165, 1.54) is 6.08 Å². The molecule has 0 amide bonds. The first-order valence-corrected chi connectivity index (χ1v) is 2.47. The Balaban J connectivity index is 3.96. The van der Waals surface area contributed by atoms with Crippen molar-refractivity contribution in [1.82, 2.24) is 5.32 Å². The smallest absolute Gasteiger partial charge is 0.193 e. The predicted molar refractivity (Wildman–Crippen MR) is 34.2 cm³/mol. The SMILES string of the molecule is CN/C(=C\C=N)C(O)O. The van der Waals surface area contributed by atoms with Gasteiger partial charge in [0.2, 0.25) is 0 Å². The van der Waals surface area contributed by atoms with Crippen LogP contribution in [0.1, 0.15) is 0 Å². The highest BCUT2D eigenvalue weighted by molar-refractivity contribution is 5.68. The molecule has 0 aromatic heterocycles. The molecule has 0 fully saturated rings. The van der Waals surface area contributed by atoms with Gasteiger partial charge in [-0.05, 0) is 6.08 Å². The number of rotatable bonds is 3. The lowest BCUT2D eigenvalue weighted by atomic mass is 10.4. The Hall–Kier alpha value is -0.870. The molecule has 4 heteroatoms. The molecular weight excluding hydrogens is 120 g/mol. The van der Waals surface area contributed by atoms with Crippen molar-refractivity contribution in [2.75, 3.05) is 7.05 Å². The third kappa shape index (κ3) is 2.84. The molecule has 0 unspecified atom stereocenters. The van der Waals surface area contributed by atoms with Gasteiger partial charge in [-0.3, -0.25) is 0 Å². The number of likely N-dealkylation sites (N-methyl/N-ethyl adjacent to an activating group) is 1. The van der Waals surface area contributed by atoms with Gasteiger partial charge in [-0.25, -0.2) is 0 Å². The normalized spacial score (nSPS) is 11.8. The monoisotopic (exact) mass is 130 g/mol. The van der Waals surface area contributed by atoms with Crippen molar-refractivity contribution in [2.24, 2.45) is 0 Å². The summed E-state index contributed by atoms with van der Waals surface area (Å²) in [4.78, 5) is 0. The van der Waals surface area contributed by atoms with E-state index in [-0.39, 0.29) is 5.70 Å². The van der Waals surface area contributed by atoms with Gasteiger partial charge in [0, 0.05) is 13.3 Å². The lowest BCUT2D eigenvalue weighted by molar-refractivity contribution is -0.0119. The molecule has 4 nitrogen and oxygen atoms in total. The average Bonchev–Trinajstić information content (AvgIpc) is 1.82.